The Hall–Kier alpha value is -3.56. The number of ether oxygens (including phenoxy) is 1. The molecule has 0 bridgehead atoms. The smallest absolute Gasteiger partial charge is 0.433 e. The summed E-state index contributed by atoms with van der Waals surface area (Å²) in [7, 11) is 0. The molecule has 2 aromatic carbocycles. The Balaban J connectivity index is 1.87. The normalized spacial score (nSPS) is 11.9. The molecular weight excluding hydrogens is 438 g/mol. The molecule has 32 heavy (non-hydrogen) atoms. The van der Waals surface area contributed by atoms with E-state index in [1.54, 1.807) is 0 Å². The van der Waals surface area contributed by atoms with E-state index in [-0.39, 0.29) is 17.2 Å². The number of alkyl halides is 6. The number of hydrogen-bond acceptors (Lipinski definition) is 3. The molecule has 0 fully saturated rings. The molecule has 3 rings (SSSR count). The van der Waals surface area contributed by atoms with Gasteiger partial charge in [-0.25, -0.2) is 4.98 Å². The van der Waals surface area contributed by atoms with Gasteiger partial charge in [0, 0.05) is 11.6 Å². The molecule has 0 atom stereocenters. The number of carbonyl (C=O) groups excluding carboxylic acids is 1. The van der Waals surface area contributed by atoms with E-state index in [4.69, 9.17) is 4.74 Å². The summed E-state index contributed by atoms with van der Waals surface area (Å²) in [4.78, 5) is 16.1. The summed E-state index contributed by atoms with van der Waals surface area (Å²) in [6.07, 6.45) is -9.29. The number of nitrogens with zero attached hydrogens (tertiary/aromatic N) is 1. The van der Waals surface area contributed by atoms with Gasteiger partial charge < -0.3 is 10.1 Å². The fourth-order valence-electron chi connectivity index (χ4n) is 3.12. The molecule has 0 aliphatic rings. The monoisotopic (exact) mass is 454 g/mol. The van der Waals surface area contributed by atoms with Gasteiger partial charge in [-0.2, -0.15) is 26.3 Å². The van der Waals surface area contributed by atoms with E-state index in [0.717, 1.165) is 24.3 Å². The topological polar surface area (TPSA) is 51.2 Å². The van der Waals surface area contributed by atoms with Crippen LogP contribution < -0.4 is 10.1 Å². The minimum Gasteiger partial charge on any atom is -0.439 e. The number of rotatable bonds is 4. The average Bonchev–Trinajstić information content (AvgIpc) is 2.66. The van der Waals surface area contributed by atoms with Gasteiger partial charge in [0.1, 0.15) is 11.4 Å². The van der Waals surface area contributed by atoms with Crippen LogP contribution in [-0.2, 0) is 12.4 Å². The first-order valence-corrected chi connectivity index (χ1v) is 9.17. The highest BCUT2D eigenvalue weighted by Crippen LogP contribution is 2.35. The third kappa shape index (κ3) is 5.19. The van der Waals surface area contributed by atoms with E-state index in [9.17, 15) is 31.1 Å². The number of pyridine rings is 1. The van der Waals surface area contributed by atoms with Crippen molar-refractivity contribution in [3.63, 3.8) is 0 Å². The van der Waals surface area contributed by atoms with Crippen molar-refractivity contribution in [1.82, 2.24) is 4.98 Å². The summed E-state index contributed by atoms with van der Waals surface area (Å²) in [6.45, 7) is 3.06. The fraction of sp³-hybridized carbons (Fsp3) is 0.182. The molecule has 0 unspecified atom stereocenters. The molecule has 10 heteroatoms. The number of amides is 1. The second-order valence-corrected chi connectivity index (χ2v) is 6.89. The van der Waals surface area contributed by atoms with Crippen LogP contribution in [0.5, 0.6) is 11.6 Å². The third-order valence-electron chi connectivity index (χ3n) is 4.45. The van der Waals surface area contributed by atoms with Gasteiger partial charge in [-0.15, -0.1) is 0 Å². The summed E-state index contributed by atoms with van der Waals surface area (Å²) >= 11 is 0. The molecule has 4 nitrogen and oxygen atoms in total. The highest BCUT2D eigenvalue weighted by molar-refractivity contribution is 6.06. The number of hydrogen-bond donors (Lipinski definition) is 1. The van der Waals surface area contributed by atoms with Crippen molar-refractivity contribution in [2.24, 2.45) is 0 Å². The van der Waals surface area contributed by atoms with Gasteiger partial charge in [0.2, 0.25) is 5.88 Å². The number of aryl methyl sites for hydroxylation is 2. The molecule has 0 spiro atoms. The molecule has 1 aromatic heterocycles. The number of benzene rings is 2. The molecule has 0 radical (unpaired) electrons. The molecule has 1 N–H and O–H groups in total. The van der Waals surface area contributed by atoms with Crippen LogP contribution in [0.2, 0.25) is 0 Å². The van der Waals surface area contributed by atoms with Gasteiger partial charge >= 0.3 is 12.4 Å². The largest absolute Gasteiger partial charge is 0.439 e. The van der Waals surface area contributed by atoms with Gasteiger partial charge in [0.05, 0.1) is 11.3 Å². The number of nitrogens with one attached hydrogen (secondary N) is 1. The lowest BCUT2D eigenvalue weighted by atomic mass is 10.0. The zero-order chi connectivity index (χ0) is 23.7. The van der Waals surface area contributed by atoms with Crippen LogP contribution in [0.3, 0.4) is 0 Å². The van der Waals surface area contributed by atoms with E-state index in [1.165, 1.54) is 44.2 Å². The first kappa shape index (κ1) is 23.1. The summed E-state index contributed by atoms with van der Waals surface area (Å²) in [5.74, 6) is -0.936. The molecule has 0 aliphatic carbocycles. The lowest BCUT2D eigenvalue weighted by Gasteiger charge is -2.16. The number of carbonyl (C=O) groups is 1. The Morgan fingerprint density at radius 3 is 2.09 bits per heavy atom. The number of halogens is 6. The summed E-state index contributed by atoms with van der Waals surface area (Å²) in [6, 6.07) is 10.5. The van der Waals surface area contributed by atoms with Gasteiger partial charge in [-0.1, -0.05) is 18.2 Å². The Morgan fingerprint density at radius 1 is 0.875 bits per heavy atom. The van der Waals surface area contributed by atoms with Crippen LogP contribution in [0.1, 0.15) is 32.7 Å². The van der Waals surface area contributed by atoms with E-state index >= 15 is 0 Å². The maximum Gasteiger partial charge on any atom is 0.433 e. The average molecular weight is 454 g/mol. The molecule has 0 saturated heterocycles. The Bertz CT molecular complexity index is 1130. The second-order valence-electron chi connectivity index (χ2n) is 6.89. The standard InChI is InChI=1S/C22H16F6N2O2/c1-12-10-14(32-18-9-5-8-17(30-18)22(26,27)28)11-13(2)19(12)20(31)29-16-7-4-3-6-15(16)21(23,24)25/h3-11H,1-2H3,(H,29,31). The zero-order valence-electron chi connectivity index (χ0n) is 16.7. The van der Waals surface area contributed by atoms with Crippen LogP contribution in [0.15, 0.2) is 54.6 Å². The van der Waals surface area contributed by atoms with Gasteiger partial charge in [0.25, 0.3) is 5.91 Å². The maximum absolute atomic E-state index is 13.2. The lowest BCUT2D eigenvalue weighted by molar-refractivity contribution is -0.141. The zero-order valence-corrected chi connectivity index (χ0v) is 16.7. The van der Waals surface area contributed by atoms with Gasteiger partial charge in [0.15, 0.2) is 0 Å². The molecule has 0 aliphatic heterocycles. The number of para-hydroxylation sites is 1. The van der Waals surface area contributed by atoms with Crippen molar-refractivity contribution in [2.45, 2.75) is 26.2 Å². The molecule has 3 aromatic rings. The predicted molar refractivity (Wildman–Crippen MR) is 105 cm³/mol. The predicted octanol–water partition coefficient (Wildman–Crippen LogP) is 6.78. The third-order valence-corrected chi connectivity index (χ3v) is 4.45. The van der Waals surface area contributed by atoms with Crippen molar-refractivity contribution in [2.75, 3.05) is 5.32 Å². The Morgan fingerprint density at radius 2 is 1.50 bits per heavy atom. The first-order chi connectivity index (χ1) is 14.9. The summed E-state index contributed by atoms with van der Waals surface area (Å²) in [5, 5.41) is 2.27. The van der Waals surface area contributed by atoms with Gasteiger partial charge in [-0.05, 0) is 55.3 Å². The highest BCUT2D eigenvalue weighted by Gasteiger charge is 2.34. The lowest BCUT2D eigenvalue weighted by Crippen LogP contribution is -2.18. The molecule has 1 heterocycles. The van der Waals surface area contributed by atoms with Crippen molar-refractivity contribution in [3.8, 4) is 11.6 Å². The van der Waals surface area contributed by atoms with Crippen LogP contribution in [-0.4, -0.2) is 10.9 Å². The second kappa shape index (κ2) is 8.52. The minimum absolute atomic E-state index is 0.117. The fourth-order valence-corrected chi connectivity index (χ4v) is 3.12. The van der Waals surface area contributed by atoms with Crippen molar-refractivity contribution in [3.05, 3.63) is 82.5 Å². The van der Waals surface area contributed by atoms with Crippen LogP contribution >= 0.6 is 0 Å². The quantitative estimate of drug-likeness (QED) is 0.442. The van der Waals surface area contributed by atoms with E-state index in [0.29, 0.717) is 11.1 Å². The summed E-state index contributed by atoms with van der Waals surface area (Å²) in [5.41, 5.74) is -1.67. The van der Waals surface area contributed by atoms with Crippen molar-refractivity contribution < 1.29 is 35.9 Å². The van der Waals surface area contributed by atoms with E-state index in [2.05, 4.69) is 10.3 Å². The number of aromatic nitrogens is 1. The van der Waals surface area contributed by atoms with E-state index < -0.39 is 35.2 Å². The van der Waals surface area contributed by atoms with Gasteiger partial charge in [-0.3, -0.25) is 4.79 Å². The summed E-state index contributed by atoms with van der Waals surface area (Å²) < 4.78 is 83.4. The van der Waals surface area contributed by atoms with Crippen LogP contribution in [0.25, 0.3) is 0 Å². The SMILES string of the molecule is Cc1cc(Oc2cccc(C(F)(F)F)n2)cc(C)c1C(=O)Nc1ccccc1C(F)(F)F. The molecule has 0 saturated carbocycles. The Kier molecular flexibility index (Phi) is 6.16. The highest BCUT2D eigenvalue weighted by atomic mass is 19.4. The van der Waals surface area contributed by atoms with E-state index in [1.807, 2.05) is 0 Å². The Labute approximate surface area is 178 Å². The molecular formula is C22H16F6N2O2. The first-order valence-electron chi connectivity index (χ1n) is 9.17. The van der Waals surface area contributed by atoms with Crippen molar-refractivity contribution in [1.29, 1.82) is 0 Å². The molecule has 1 amide bonds. The van der Waals surface area contributed by atoms with Crippen molar-refractivity contribution >= 4 is 11.6 Å². The maximum atomic E-state index is 13.2. The minimum atomic E-state index is -4.65. The molecule has 168 valence electrons. The van der Waals surface area contributed by atoms with Crippen LogP contribution in [0.4, 0.5) is 32.0 Å². The number of anilines is 1. The van der Waals surface area contributed by atoms with Crippen LogP contribution in [0, 0.1) is 13.8 Å².